The first-order valence-electron chi connectivity index (χ1n) is 24.2. The first kappa shape index (κ1) is 51.4. The minimum Gasteiger partial charge on any atom is -0.394 e. The molecule has 0 saturated carbocycles. The zero-order valence-corrected chi connectivity index (χ0v) is 35.9. The van der Waals surface area contributed by atoms with E-state index in [0.29, 0.717) is 12.8 Å². The molecule has 0 aliphatic rings. The zero-order valence-electron chi connectivity index (χ0n) is 35.9. The summed E-state index contributed by atoms with van der Waals surface area (Å²) in [7, 11) is 0. The zero-order chi connectivity index (χ0) is 37.8. The highest BCUT2D eigenvalue weighted by Gasteiger charge is 2.20. The van der Waals surface area contributed by atoms with Crippen molar-refractivity contribution in [1.82, 2.24) is 5.32 Å². The molecular formula is C48H97NO3. The third kappa shape index (κ3) is 40.6. The topological polar surface area (TPSA) is 69.6 Å². The fraction of sp³-hybridized carbons (Fsp3) is 0.979. The van der Waals surface area contributed by atoms with Crippen molar-refractivity contribution in [3.05, 3.63) is 0 Å². The maximum absolute atomic E-state index is 12.4. The van der Waals surface area contributed by atoms with E-state index < -0.39 is 12.1 Å². The van der Waals surface area contributed by atoms with Crippen molar-refractivity contribution >= 4 is 5.91 Å². The van der Waals surface area contributed by atoms with Crippen LogP contribution in [0.15, 0.2) is 0 Å². The number of aliphatic hydroxyl groups is 2. The number of rotatable bonds is 45. The monoisotopic (exact) mass is 736 g/mol. The van der Waals surface area contributed by atoms with Crippen LogP contribution in [0, 0.1) is 0 Å². The van der Waals surface area contributed by atoms with Gasteiger partial charge in [0.2, 0.25) is 5.91 Å². The van der Waals surface area contributed by atoms with Crippen molar-refractivity contribution in [3.63, 3.8) is 0 Å². The largest absolute Gasteiger partial charge is 0.394 e. The molecule has 0 heterocycles. The lowest BCUT2D eigenvalue weighted by Crippen LogP contribution is -2.45. The summed E-state index contributed by atoms with van der Waals surface area (Å²) in [6, 6.07) is -0.529. The number of amides is 1. The highest BCUT2D eigenvalue weighted by molar-refractivity contribution is 5.76. The van der Waals surface area contributed by atoms with Gasteiger partial charge in [0.1, 0.15) is 0 Å². The molecule has 4 heteroatoms. The van der Waals surface area contributed by atoms with Gasteiger partial charge in [-0.1, -0.05) is 264 Å². The lowest BCUT2D eigenvalue weighted by Gasteiger charge is -2.22. The van der Waals surface area contributed by atoms with Crippen molar-refractivity contribution in [2.24, 2.45) is 0 Å². The number of hydrogen-bond acceptors (Lipinski definition) is 3. The van der Waals surface area contributed by atoms with E-state index in [9.17, 15) is 15.0 Å². The molecule has 0 fully saturated rings. The molecule has 4 nitrogen and oxygen atoms in total. The van der Waals surface area contributed by atoms with E-state index in [1.807, 2.05) is 0 Å². The molecule has 2 unspecified atom stereocenters. The summed E-state index contributed by atoms with van der Waals surface area (Å²) in [4.78, 5) is 12.4. The molecule has 3 N–H and O–H groups in total. The van der Waals surface area contributed by atoms with E-state index in [1.165, 1.54) is 231 Å². The van der Waals surface area contributed by atoms with Gasteiger partial charge in [0.05, 0.1) is 18.8 Å². The molecule has 0 bridgehead atoms. The Morgan fingerprint density at radius 1 is 0.385 bits per heavy atom. The van der Waals surface area contributed by atoms with Gasteiger partial charge in [-0.15, -0.1) is 0 Å². The van der Waals surface area contributed by atoms with E-state index in [4.69, 9.17) is 0 Å². The third-order valence-electron chi connectivity index (χ3n) is 11.6. The van der Waals surface area contributed by atoms with Crippen molar-refractivity contribution in [3.8, 4) is 0 Å². The highest BCUT2D eigenvalue weighted by Crippen LogP contribution is 2.17. The molecule has 0 radical (unpaired) electrons. The van der Waals surface area contributed by atoms with E-state index in [0.717, 1.165) is 25.7 Å². The van der Waals surface area contributed by atoms with Gasteiger partial charge in [0.15, 0.2) is 0 Å². The SMILES string of the molecule is CCCCCCCCCCCCCCCCCCCCCCCCCCCCC(O)C(CO)NC(=O)CCCCCCCCCCCCCCCC. The van der Waals surface area contributed by atoms with Gasteiger partial charge in [-0.3, -0.25) is 4.79 Å². The van der Waals surface area contributed by atoms with Gasteiger partial charge in [-0.25, -0.2) is 0 Å². The van der Waals surface area contributed by atoms with Crippen LogP contribution in [0.25, 0.3) is 0 Å². The lowest BCUT2D eigenvalue weighted by atomic mass is 10.0. The maximum Gasteiger partial charge on any atom is 0.220 e. The summed E-state index contributed by atoms with van der Waals surface area (Å²) in [5, 5.41) is 23.2. The van der Waals surface area contributed by atoms with Crippen molar-refractivity contribution in [1.29, 1.82) is 0 Å². The Bertz CT molecular complexity index is 670. The molecule has 312 valence electrons. The molecule has 52 heavy (non-hydrogen) atoms. The van der Waals surface area contributed by atoms with Crippen LogP contribution in [0.1, 0.15) is 284 Å². The number of unbranched alkanes of at least 4 members (excludes halogenated alkanes) is 38. The molecular weight excluding hydrogens is 639 g/mol. The second-order valence-corrected chi connectivity index (χ2v) is 16.9. The quantitative estimate of drug-likeness (QED) is 0.0545. The summed E-state index contributed by atoms with van der Waals surface area (Å²) in [5.74, 6) is -0.0259. The Labute approximate surface area is 327 Å². The first-order valence-corrected chi connectivity index (χ1v) is 24.2. The Hall–Kier alpha value is -0.610. The fourth-order valence-electron chi connectivity index (χ4n) is 7.89. The molecule has 0 rings (SSSR count). The summed E-state index contributed by atoms with van der Waals surface area (Å²) in [5.41, 5.74) is 0. The lowest BCUT2D eigenvalue weighted by molar-refractivity contribution is -0.123. The van der Waals surface area contributed by atoms with Gasteiger partial charge >= 0.3 is 0 Å². The normalized spacial score (nSPS) is 12.8. The smallest absolute Gasteiger partial charge is 0.220 e. The second-order valence-electron chi connectivity index (χ2n) is 16.9. The maximum atomic E-state index is 12.4. The Balaban J connectivity index is 3.41. The summed E-state index contributed by atoms with van der Waals surface area (Å²) < 4.78 is 0. The average Bonchev–Trinajstić information content (AvgIpc) is 3.15. The predicted octanol–water partition coefficient (Wildman–Crippen LogP) is 15.2. The Kier molecular flexibility index (Phi) is 44.3. The van der Waals surface area contributed by atoms with E-state index in [-0.39, 0.29) is 12.5 Å². The molecule has 2 atom stereocenters. The average molecular weight is 736 g/mol. The van der Waals surface area contributed by atoms with Crippen LogP contribution in [0.3, 0.4) is 0 Å². The fourth-order valence-corrected chi connectivity index (χ4v) is 7.89. The van der Waals surface area contributed by atoms with Gasteiger partial charge in [0, 0.05) is 6.42 Å². The molecule has 0 spiro atoms. The van der Waals surface area contributed by atoms with Crippen molar-refractivity contribution in [2.45, 2.75) is 296 Å². The van der Waals surface area contributed by atoms with Gasteiger partial charge in [-0.05, 0) is 12.8 Å². The molecule has 0 aliphatic carbocycles. The number of carbonyl (C=O) groups excluding carboxylic acids is 1. The van der Waals surface area contributed by atoms with Crippen LogP contribution in [0.4, 0.5) is 0 Å². The van der Waals surface area contributed by atoms with Crippen LogP contribution in [0.5, 0.6) is 0 Å². The molecule has 0 saturated heterocycles. The highest BCUT2D eigenvalue weighted by atomic mass is 16.3. The second kappa shape index (κ2) is 44.8. The summed E-state index contributed by atoms with van der Waals surface area (Å²) in [6.07, 6.45) is 54.9. The van der Waals surface area contributed by atoms with E-state index >= 15 is 0 Å². The standard InChI is InChI=1S/C48H97NO3/c1-3-5-7-9-11-13-15-17-19-20-21-22-23-24-25-26-27-28-29-30-31-33-35-37-39-41-43-47(51)46(45-50)49-48(52)44-42-40-38-36-34-32-18-16-14-12-10-8-6-4-2/h46-47,50-51H,3-45H2,1-2H3,(H,49,52). The molecule has 0 aromatic carbocycles. The van der Waals surface area contributed by atoms with Crippen LogP contribution in [-0.2, 0) is 4.79 Å². The number of aliphatic hydroxyl groups excluding tert-OH is 2. The van der Waals surface area contributed by atoms with E-state index in [1.54, 1.807) is 0 Å². The van der Waals surface area contributed by atoms with Crippen LogP contribution >= 0.6 is 0 Å². The predicted molar refractivity (Wildman–Crippen MR) is 230 cm³/mol. The first-order chi connectivity index (χ1) is 25.7. The number of carbonyl (C=O) groups is 1. The summed E-state index contributed by atoms with van der Waals surface area (Å²) in [6.45, 7) is 4.39. The molecule has 1 amide bonds. The Morgan fingerprint density at radius 2 is 0.615 bits per heavy atom. The number of nitrogens with one attached hydrogen (secondary N) is 1. The summed E-state index contributed by atoms with van der Waals surface area (Å²) >= 11 is 0. The van der Waals surface area contributed by atoms with Crippen molar-refractivity contribution in [2.75, 3.05) is 6.61 Å². The minimum atomic E-state index is -0.653. The van der Waals surface area contributed by atoms with Crippen LogP contribution in [0.2, 0.25) is 0 Å². The molecule has 0 aromatic rings. The van der Waals surface area contributed by atoms with Gasteiger partial charge in [-0.2, -0.15) is 0 Å². The van der Waals surface area contributed by atoms with Crippen molar-refractivity contribution < 1.29 is 15.0 Å². The Morgan fingerprint density at radius 3 is 0.865 bits per heavy atom. The van der Waals surface area contributed by atoms with Gasteiger partial charge in [0.25, 0.3) is 0 Å². The molecule has 0 aromatic heterocycles. The van der Waals surface area contributed by atoms with Crippen LogP contribution in [-0.4, -0.2) is 34.9 Å². The van der Waals surface area contributed by atoms with Crippen LogP contribution < -0.4 is 5.32 Å². The minimum absolute atomic E-state index is 0.0259. The molecule has 0 aliphatic heterocycles. The third-order valence-corrected chi connectivity index (χ3v) is 11.6. The number of hydrogen-bond donors (Lipinski definition) is 3. The van der Waals surface area contributed by atoms with Gasteiger partial charge < -0.3 is 15.5 Å². The van der Waals surface area contributed by atoms with E-state index in [2.05, 4.69) is 19.2 Å².